The summed E-state index contributed by atoms with van der Waals surface area (Å²) in [5.41, 5.74) is 0.391. The van der Waals surface area contributed by atoms with Crippen LogP contribution in [0.5, 0.6) is 0 Å². The Morgan fingerprint density at radius 2 is 1.79 bits per heavy atom. The monoisotopic (exact) mass is 273 g/mol. The molecule has 4 atom stereocenters. The quantitative estimate of drug-likeness (QED) is 0.563. The van der Waals surface area contributed by atoms with Crippen molar-refractivity contribution >= 4 is 5.71 Å². The average Bonchev–Trinajstić information content (AvgIpc) is 2.87. The van der Waals surface area contributed by atoms with Gasteiger partial charge >= 0.3 is 0 Å². The Balaban J connectivity index is 1.76. The van der Waals surface area contributed by atoms with Gasteiger partial charge in [0, 0.05) is 0 Å². The maximum Gasteiger partial charge on any atom is 0.193 e. The summed E-state index contributed by atoms with van der Waals surface area (Å²) in [4.78, 5) is 0. The minimum Gasteiger partial charge on any atom is -0.411 e. The molecule has 0 unspecified atom stereocenters. The Morgan fingerprint density at radius 3 is 2.37 bits per heavy atom. The first-order chi connectivity index (χ1) is 8.81. The minimum atomic E-state index is -0.747. The SMILES string of the molecule is CC1(C)O[C@@H]2O[C@@H]([C@H]3COC(C)(C)O3)C(=NO)[C@H]2O1. The van der Waals surface area contributed by atoms with Gasteiger partial charge in [0.15, 0.2) is 24.0 Å². The maximum absolute atomic E-state index is 9.22. The van der Waals surface area contributed by atoms with Gasteiger partial charge in [0.05, 0.1) is 6.61 Å². The van der Waals surface area contributed by atoms with E-state index in [0.29, 0.717) is 12.3 Å². The summed E-state index contributed by atoms with van der Waals surface area (Å²) in [5.74, 6) is -1.41. The largest absolute Gasteiger partial charge is 0.411 e. The van der Waals surface area contributed by atoms with E-state index < -0.39 is 30.1 Å². The zero-order valence-electron chi connectivity index (χ0n) is 11.5. The number of nitrogens with zero attached hydrogens (tertiary/aromatic N) is 1. The molecule has 0 radical (unpaired) electrons. The van der Waals surface area contributed by atoms with Crippen LogP contribution in [-0.4, -0.2) is 53.7 Å². The van der Waals surface area contributed by atoms with Crippen LogP contribution in [0.15, 0.2) is 5.16 Å². The van der Waals surface area contributed by atoms with Gasteiger partial charge in [0.1, 0.15) is 17.9 Å². The van der Waals surface area contributed by atoms with Crippen molar-refractivity contribution in [3.8, 4) is 0 Å². The lowest BCUT2D eigenvalue weighted by Gasteiger charge is -2.24. The third kappa shape index (κ3) is 2.25. The van der Waals surface area contributed by atoms with Crippen LogP contribution in [-0.2, 0) is 23.7 Å². The summed E-state index contributed by atoms with van der Waals surface area (Å²) in [6.45, 7) is 7.61. The van der Waals surface area contributed by atoms with Gasteiger partial charge in [-0.05, 0) is 27.7 Å². The van der Waals surface area contributed by atoms with Gasteiger partial charge in [0.25, 0.3) is 0 Å². The number of fused-ring (bicyclic) bond motifs is 1. The number of ether oxygens (including phenoxy) is 5. The lowest BCUT2D eigenvalue weighted by Crippen LogP contribution is -2.39. The van der Waals surface area contributed by atoms with E-state index in [2.05, 4.69) is 5.16 Å². The molecule has 0 aromatic heterocycles. The molecule has 3 saturated heterocycles. The van der Waals surface area contributed by atoms with Crippen LogP contribution >= 0.6 is 0 Å². The standard InChI is InChI=1S/C12H19NO6/c1-11(2)15-5-6(17-11)8-7(13-14)9-10(16-8)19-12(3,4)18-9/h6,8-10,14H,5H2,1-4H3/t6-,8+,9-,10+/m1/s1. The van der Waals surface area contributed by atoms with Gasteiger partial charge in [-0.1, -0.05) is 5.16 Å². The first-order valence-electron chi connectivity index (χ1n) is 6.36. The second-order valence-corrected chi connectivity index (χ2v) is 5.87. The lowest BCUT2D eigenvalue weighted by atomic mass is 10.1. The summed E-state index contributed by atoms with van der Waals surface area (Å²) >= 11 is 0. The van der Waals surface area contributed by atoms with Gasteiger partial charge in [-0.25, -0.2) is 0 Å². The van der Waals surface area contributed by atoms with Crippen molar-refractivity contribution in [1.82, 2.24) is 0 Å². The van der Waals surface area contributed by atoms with Gasteiger partial charge in [-0.15, -0.1) is 0 Å². The molecule has 0 saturated carbocycles. The van der Waals surface area contributed by atoms with Crippen LogP contribution in [0.25, 0.3) is 0 Å². The van der Waals surface area contributed by atoms with Crippen molar-refractivity contribution in [2.75, 3.05) is 6.61 Å². The normalized spacial score (nSPS) is 45.8. The predicted octanol–water partition coefficient (Wildman–Crippen LogP) is 0.844. The van der Waals surface area contributed by atoms with E-state index in [0.717, 1.165) is 0 Å². The highest BCUT2D eigenvalue weighted by molar-refractivity contribution is 5.95. The maximum atomic E-state index is 9.22. The van der Waals surface area contributed by atoms with E-state index in [9.17, 15) is 5.21 Å². The fourth-order valence-corrected chi connectivity index (χ4v) is 2.66. The molecule has 0 aliphatic carbocycles. The van der Waals surface area contributed by atoms with Crippen LogP contribution in [0.2, 0.25) is 0 Å². The van der Waals surface area contributed by atoms with E-state index in [1.165, 1.54) is 0 Å². The summed E-state index contributed by atoms with van der Waals surface area (Å²) in [6.07, 6.45) is -1.92. The third-order valence-electron chi connectivity index (χ3n) is 3.41. The fourth-order valence-electron chi connectivity index (χ4n) is 2.66. The van der Waals surface area contributed by atoms with Gasteiger partial charge in [0.2, 0.25) is 0 Å². The van der Waals surface area contributed by atoms with Crippen molar-refractivity contribution in [2.24, 2.45) is 5.16 Å². The van der Waals surface area contributed by atoms with Crippen LogP contribution < -0.4 is 0 Å². The van der Waals surface area contributed by atoms with Crippen molar-refractivity contribution in [2.45, 2.75) is 63.9 Å². The Labute approximate surface area is 111 Å². The number of hydrogen-bond donors (Lipinski definition) is 1. The highest BCUT2D eigenvalue weighted by Gasteiger charge is 2.56. The van der Waals surface area contributed by atoms with Crippen LogP contribution in [0.3, 0.4) is 0 Å². The molecule has 0 amide bonds. The first-order valence-corrected chi connectivity index (χ1v) is 6.36. The molecule has 0 aromatic carbocycles. The van der Waals surface area contributed by atoms with Gasteiger partial charge < -0.3 is 28.9 Å². The Morgan fingerprint density at radius 1 is 1.05 bits per heavy atom. The molecule has 0 bridgehead atoms. The van der Waals surface area contributed by atoms with Crippen molar-refractivity contribution < 1.29 is 28.9 Å². The zero-order chi connectivity index (χ0) is 13.8. The molecule has 108 valence electrons. The molecular weight excluding hydrogens is 254 g/mol. The average molecular weight is 273 g/mol. The van der Waals surface area contributed by atoms with Crippen molar-refractivity contribution in [3.05, 3.63) is 0 Å². The van der Waals surface area contributed by atoms with E-state index in [1.54, 1.807) is 13.8 Å². The highest BCUT2D eigenvalue weighted by atomic mass is 16.8. The van der Waals surface area contributed by atoms with Crippen LogP contribution in [0, 0.1) is 0 Å². The second kappa shape index (κ2) is 4.13. The molecule has 3 fully saturated rings. The molecule has 7 nitrogen and oxygen atoms in total. The molecule has 19 heavy (non-hydrogen) atoms. The summed E-state index contributed by atoms with van der Waals surface area (Å²) in [6, 6.07) is 0. The molecule has 3 aliphatic heterocycles. The van der Waals surface area contributed by atoms with Gasteiger partial charge in [-0.2, -0.15) is 0 Å². The number of rotatable bonds is 1. The predicted molar refractivity (Wildman–Crippen MR) is 62.8 cm³/mol. The molecule has 1 N–H and O–H groups in total. The molecule has 3 aliphatic rings. The third-order valence-corrected chi connectivity index (χ3v) is 3.41. The van der Waals surface area contributed by atoms with E-state index in [-0.39, 0.29) is 6.10 Å². The summed E-state index contributed by atoms with van der Waals surface area (Å²) < 4.78 is 28.3. The number of oxime groups is 1. The van der Waals surface area contributed by atoms with E-state index in [4.69, 9.17) is 23.7 Å². The second-order valence-electron chi connectivity index (χ2n) is 5.87. The zero-order valence-corrected chi connectivity index (χ0v) is 11.5. The smallest absolute Gasteiger partial charge is 0.193 e. The molecule has 3 rings (SSSR count). The molecule has 0 spiro atoms. The molecule has 7 heteroatoms. The van der Waals surface area contributed by atoms with Crippen LogP contribution in [0.1, 0.15) is 27.7 Å². The topological polar surface area (TPSA) is 78.7 Å². The minimum absolute atomic E-state index is 0.332. The summed E-state index contributed by atoms with van der Waals surface area (Å²) in [5, 5.41) is 12.5. The Hall–Kier alpha value is -0.730. The van der Waals surface area contributed by atoms with E-state index in [1.807, 2.05) is 13.8 Å². The van der Waals surface area contributed by atoms with E-state index >= 15 is 0 Å². The van der Waals surface area contributed by atoms with Crippen molar-refractivity contribution in [1.29, 1.82) is 0 Å². The Kier molecular flexibility index (Phi) is 2.88. The lowest BCUT2D eigenvalue weighted by molar-refractivity contribution is -0.211. The van der Waals surface area contributed by atoms with Crippen LogP contribution in [0.4, 0.5) is 0 Å². The molecule has 0 aromatic rings. The summed E-state index contributed by atoms with van der Waals surface area (Å²) in [7, 11) is 0. The number of hydrogen-bond acceptors (Lipinski definition) is 7. The Bertz CT molecular complexity index is 407. The van der Waals surface area contributed by atoms with Gasteiger partial charge in [-0.3, -0.25) is 0 Å². The highest BCUT2D eigenvalue weighted by Crippen LogP contribution is 2.39. The first kappa shape index (κ1) is 13.3. The molecule has 3 heterocycles. The van der Waals surface area contributed by atoms with Crippen molar-refractivity contribution in [3.63, 3.8) is 0 Å². The fraction of sp³-hybridized carbons (Fsp3) is 0.917. The molecular formula is C12H19NO6.